The van der Waals surface area contributed by atoms with Gasteiger partial charge in [-0.05, 0) is 24.3 Å². The zero-order chi connectivity index (χ0) is 27.9. The van der Waals surface area contributed by atoms with Crippen LogP contribution in [0.4, 0.5) is 28.8 Å². The number of carbonyl (C=O) groups is 3. The first-order chi connectivity index (χ1) is 18.8. The number of nitrogens with one attached hydrogen (secondary N) is 3. The second-order valence-electron chi connectivity index (χ2n) is 8.70. The largest absolute Gasteiger partial charge is 0.494 e. The number of likely N-dealkylation sites (N-methyl/N-ethyl adjacent to an activating group) is 1. The topological polar surface area (TPSA) is 129 Å². The summed E-state index contributed by atoms with van der Waals surface area (Å²) in [5.41, 5.74) is 2.18. The first-order valence-corrected chi connectivity index (χ1v) is 12.8. The molecule has 3 N–H and O–H groups in total. The van der Waals surface area contributed by atoms with E-state index in [0.29, 0.717) is 36.6 Å². The van der Waals surface area contributed by atoms with Crippen molar-refractivity contribution in [1.29, 1.82) is 0 Å². The summed E-state index contributed by atoms with van der Waals surface area (Å²) in [6.45, 7) is 4.71. The molecule has 0 unspecified atom stereocenters. The number of aromatic nitrogens is 2. The number of ether oxygens (including phenoxy) is 1. The number of hydrogen-bond donors (Lipinski definition) is 3. The third kappa shape index (κ3) is 6.37. The van der Waals surface area contributed by atoms with E-state index >= 15 is 0 Å². The van der Waals surface area contributed by atoms with Crippen LogP contribution < -0.4 is 25.6 Å². The van der Waals surface area contributed by atoms with E-state index in [0.717, 1.165) is 18.8 Å². The highest BCUT2D eigenvalue weighted by molar-refractivity contribution is 6.44. The highest BCUT2D eigenvalue weighted by Crippen LogP contribution is 2.33. The summed E-state index contributed by atoms with van der Waals surface area (Å²) in [5.74, 6) is -0.157. The van der Waals surface area contributed by atoms with Crippen molar-refractivity contribution < 1.29 is 19.1 Å². The van der Waals surface area contributed by atoms with Crippen LogP contribution in [0.25, 0.3) is 0 Å². The fourth-order valence-corrected chi connectivity index (χ4v) is 4.34. The molecule has 1 aromatic heterocycles. The van der Waals surface area contributed by atoms with Crippen molar-refractivity contribution in [1.82, 2.24) is 20.2 Å². The van der Waals surface area contributed by atoms with Gasteiger partial charge in [0.15, 0.2) is 5.82 Å². The van der Waals surface area contributed by atoms with Crippen LogP contribution in [0.1, 0.15) is 23.7 Å². The third-order valence-corrected chi connectivity index (χ3v) is 6.61. The molecule has 204 valence electrons. The highest BCUT2D eigenvalue weighted by Gasteiger charge is 2.22. The van der Waals surface area contributed by atoms with Crippen LogP contribution in [-0.2, 0) is 9.59 Å². The molecule has 0 spiro atoms. The standard InChI is InChI=1S/C27H30ClN7O4/c1-4-23(36)35-13-11-34(12-14-35)17-9-10-21(22(15-17)39-3)32-27-30-16-19(28)25(33-27)31-20-8-6-5-7-18(20)24(37)26(38)29-2/h5-10,15-16H,4,11-14H2,1-3H3,(H,29,38)(H2,30,31,32,33). The van der Waals surface area contributed by atoms with Crippen LogP contribution in [0.2, 0.25) is 5.02 Å². The van der Waals surface area contributed by atoms with E-state index in [1.54, 1.807) is 31.4 Å². The van der Waals surface area contributed by atoms with Gasteiger partial charge in [-0.25, -0.2) is 4.98 Å². The van der Waals surface area contributed by atoms with Gasteiger partial charge in [-0.1, -0.05) is 30.7 Å². The van der Waals surface area contributed by atoms with Gasteiger partial charge in [0, 0.05) is 51.4 Å². The molecule has 2 aromatic carbocycles. The summed E-state index contributed by atoms with van der Waals surface area (Å²) >= 11 is 6.34. The number of hydrogen-bond acceptors (Lipinski definition) is 9. The van der Waals surface area contributed by atoms with E-state index in [2.05, 4.69) is 30.8 Å². The average molecular weight is 552 g/mol. The van der Waals surface area contributed by atoms with E-state index in [4.69, 9.17) is 16.3 Å². The van der Waals surface area contributed by atoms with Gasteiger partial charge in [-0.15, -0.1) is 0 Å². The molecule has 1 aliphatic rings. The summed E-state index contributed by atoms with van der Waals surface area (Å²) in [5, 5.41) is 8.75. The number of amides is 2. The number of Topliss-reactive ketones (excluding diaryl/α,β-unsaturated/α-hetero) is 1. The number of piperazine rings is 1. The van der Waals surface area contributed by atoms with Crippen molar-refractivity contribution in [2.24, 2.45) is 0 Å². The maximum absolute atomic E-state index is 12.5. The Morgan fingerprint density at radius 1 is 1.03 bits per heavy atom. The number of benzene rings is 2. The minimum atomic E-state index is -0.729. The molecule has 39 heavy (non-hydrogen) atoms. The first kappa shape index (κ1) is 27.6. The van der Waals surface area contributed by atoms with Gasteiger partial charge in [0.25, 0.3) is 11.7 Å². The Morgan fingerprint density at radius 2 is 1.77 bits per heavy atom. The Bertz CT molecular complexity index is 1380. The van der Waals surface area contributed by atoms with Crippen LogP contribution >= 0.6 is 11.6 Å². The Balaban J connectivity index is 1.51. The molecular formula is C27H30ClN7O4. The van der Waals surface area contributed by atoms with E-state index in [-0.39, 0.29) is 28.3 Å². The van der Waals surface area contributed by atoms with Crippen molar-refractivity contribution in [3.63, 3.8) is 0 Å². The predicted molar refractivity (Wildman–Crippen MR) is 151 cm³/mol. The number of ketones is 1. The van der Waals surface area contributed by atoms with Crippen molar-refractivity contribution in [2.45, 2.75) is 13.3 Å². The van der Waals surface area contributed by atoms with E-state index < -0.39 is 11.7 Å². The molecule has 4 rings (SSSR count). The molecule has 2 heterocycles. The fourth-order valence-electron chi connectivity index (χ4n) is 4.21. The lowest BCUT2D eigenvalue weighted by atomic mass is 10.1. The molecule has 1 aliphatic heterocycles. The summed E-state index contributed by atoms with van der Waals surface area (Å²) in [6, 6.07) is 12.4. The van der Waals surface area contributed by atoms with Crippen LogP contribution in [0, 0.1) is 0 Å². The molecule has 11 nitrogen and oxygen atoms in total. The second kappa shape index (κ2) is 12.4. The monoisotopic (exact) mass is 551 g/mol. The zero-order valence-corrected chi connectivity index (χ0v) is 22.7. The number of halogens is 1. The minimum absolute atomic E-state index is 0.171. The summed E-state index contributed by atoms with van der Waals surface area (Å²) < 4.78 is 5.62. The molecule has 1 saturated heterocycles. The van der Waals surface area contributed by atoms with Gasteiger partial charge in [0.2, 0.25) is 11.9 Å². The van der Waals surface area contributed by atoms with Crippen molar-refractivity contribution in [3.05, 3.63) is 59.2 Å². The maximum atomic E-state index is 12.5. The van der Waals surface area contributed by atoms with Gasteiger partial charge < -0.3 is 30.5 Å². The number of anilines is 5. The van der Waals surface area contributed by atoms with Gasteiger partial charge in [-0.3, -0.25) is 14.4 Å². The van der Waals surface area contributed by atoms with Crippen LogP contribution in [-0.4, -0.2) is 72.8 Å². The lowest BCUT2D eigenvalue weighted by Crippen LogP contribution is -2.48. The quantitative estimate of drug-likeness (QED) is 0.270. The van der Waals surface area contributed by atoms with Crippen molar-refractivity contribution in [2.75, 3.05) is 55.9 Å². The van der Waals surface area contributed by atoms with E-state index in [9.17, 15) is 14.4 Å². The molecule has 2 amide bonds. The Hall–Kier alpha value is -4.38. The molecule has 12 heteroatoms. The lowest BCUT2D eigenvalue weighted by Gasteiger charge is -2.36. The van der Waals surface area contributed by atoms with Crippen LogP contribution in [0.15, 0.2) is 48.7 Å². The van der Waals surface area contributed by atoms with E-state index in [1.165, 1.54) is 13.2 Å². The van der Waals surface area contributed by atoms with Gasteiger partial charge in [0.1, 0.15) is 10.8 Å². The molecule has 0 atom stereocenters. The zero-order valence-electron chi connectivity index (χ0n) is 22.0. The minimum Gasteiger partial charge on any atom is -0.494 e. The van der Waals surface area contributed by atoms with E-state index in [1.807, 2.05) is 30.0 Å². The fraction of sp³-hybridized carbons (Fsp3) is 0.296. The molecular weight excluding hydrogens is 522 g/mol. The molecule has 0 bridgehead atoms. The smallest absolute Gasteiger partial charge is 0.292 e. The van der Waals surface area contributed by atoms with Gasteiger partial charge in [0.05, 0.1) is 30.2 Å². The summed E-state index contributed by atoms with van der Waals surface area (Å²) in [4.78, 5) is 49.2. The Kier molecular flexibility index (Phi) is 8.82. The molecule has 0 saturated carbocycles. The number of nitrogens with zero attached hydrogens (tertiary/aromatic N) is 4. The highest BCUT2D eigenvalue weighted by atomic mass is 35.5. The second-order valence-corrected chi connectivity index (χ2v) is 9.11. The van der Waals surface area contributed by atoms with Crippen LogP contribution in [0.3, 0.4) is 0 Å². The molecule has 0 aliphatic carbocycles. The molecule has 3 aromatic rings. The average Bonchev–Trinajstić information content (AvgIpc) is 2.98. The number of carbonyl (C=O) groups excluding carboxylic acids is 3. The Labute approximate surface area is 231 Å². The SMILES string of the molecule is CCC(=O)N1CCN(c2ccc(Nc3ncc(Cl)c(Nc4ccccc4C(=O)C(=O)NC)n3)c(OC)c2)CC1. The first-order valence-electron chi connectivity index (χ1n) is 12.5. The Morgan fingerprint density at radius 3 is 2.46 bits per heavy atom. The molecule has 0 radical (unpaired) electrons. The predicted octanol–water partition coefficient (Wildman–Crippen LogP) is 3.61. The lowest BCUT2D eigenvalue weighted by molar-refractivity contribution is -0.131. The number of para-hydroxylation sites is 1. The third-order valence-electron chi connectivity index (χ3n) is 6.33. The normalized spacial score (nSPS) is 13.0. The van der Waals surface area contributed by atoms with Crippen molar-refractivity contribution >= 4 is 58.0 Å². The molecule has 1 fully saturated rings. The summed E-state index contributed by atoms with van der Waals surface area (Å²) in [7, 11) is 2.98. The maximum Gasteiger partial charge on any atom is 0.292 e. The summed E-state index contributed by atoms with van der Waals surface area (Å²) in [6.07, 6.45) is 1.94. The van der Waals surface area contributed by atoms with Gasteiger partial charge >= 0.3 is 0 Å². The number of methoxy groups -OCH3 is 1. The number of rotatable bonds is 9. The van der Waals surface area contributed by atoms with Gasteiger partial charge in [-0.2, -0.15) is 4.98 Å². The van der Waals surface area contributed by atoms with Crippen LogP contribution in [0.5, 0.6) is 5.75 Å². The van der Waals surface area contributed by atoms with Crippen molar-refractivity contribution in [3.8, 4) is 5.75 Å².